The van der Waals surface area contributed by atoms with Gasteiger partial charge in [-0.3, -0.25) is 9.69 Å². The van der Waals surface area contributed by atoms with Crippen molar-refractivity contribution in [2.24, 2.45) is 0 Å². The summed E-state index contributed by atoms with van der Waals surface area (Å²) in [5.74, 6) is 0.199. The minimum atomic E-state index is 0.199. The van der Waals surface area contributed by atoms with Crippen molar-refractivity contribution in [1.29, 1.82) is 0 Å². The van der Waals surface area contributed by atoms with Crippen molar-refractivity contribution in [3.05, 3.63) is 20.8 Å². The van der Waals surface area contributed by atoms with Gasteiger partial charge in [-0.25, -0.2) is 0 Å². The van der Waals surface area contributed by atoms with Crippen LogP contribution in [0.4, 0.5) is 0 Å². The molecule has 3 nitrogen and oxygen atoms in total. The molecule has 5 heteroatoms. The van der Waals surface area contributed by atoms with E-state index in [0.717, 1.165) is 21.8 Å². The van der Waals surface area contributed by atoms with Crippen LogP contribution in [0.5, 0.6) is 0 Å². The maximum absolute atomic E-state index is 12.5. The lowest BCUT2D eigenvalue weighted by molar-refractivity contribution is 0.0400. The number of thiophene rings is 1. The zero-order valence-corrected chi connectivity index (χ0v) is 12.8. The standard InChI is InChI=1S/C13H17BrN2OS/c1-9-7-15-6-2-3-10(15)8-16(9)13(17)11-4-5-12(14)18-11/h4-5,9-10H,2-3,6-8H2,1H3/t9-,10+/m1/s1. The van der Waals surface area contributed by atoms with Crippen LogP contribution in [0.2, 0.25) is 0 Å². The highest BCUT2D eigenvalue weighted by molar-refractivity contribution is 9.11. The summed E-state index contributed by atoms with van der Waals surface area (Å²) in [4.78, 5) is 18.0. The Morgan fingerprint density at radius 1 is 1.44 bits per heavy atom. The summed E-state index contributed by atoms with van der Waals surface area (Å²) in [5.41, 5.74) is 0. The van der Waals surface area contributed by atoms with Crippen LogP contribution in [-0.4, -0.2) is 47.4 Å². The predicted molar refractivity (Wildman–Crippen MR) is 77.1 cm³/mol. The van der Waals surface area contributed by atoms with Gasteiger partial charge < -0.3 is 4.90 Å². The molecule has 0 bridgehead atoms. The van der Waals surface area contributed by atoms with Crippen molar-refractivity contribution >= 4 is 33.2 Å². The maximum Gasteiger partial charge on any atom is 0.264 e. The Kier molecular flexibility index (Phi) is 3.47. The summed E-state index contributed by atoms with van der Waals surface area (Å²) in [6.07, 6.45) is 2.52. The summed E-state index contributed by atoms with van der Waals surface area (Å²) in [7, 11) is 0. The van der Waals surface area contributed by atoms with Crippen LogP contribution in [0, 0.1) is 0 Å². The molecule has 2 fully saturated rings. The molecule has 2 saturated heterocycles. The first-order valence-corrected chi connectivity index (χ1v) is 8.06. The van der Waals surface area contributed by atoms with E-state index in [4.69, 9.17) is 0 Å². The van der Waals surface area contributed by atoms with Crippen LogP contribution in [0.3, 0.4) is 0 Å². The van der Waals surface area contributed by atoms with Crippen molar-refractivity contribution in [2.45, 2.75) is 31.8 Å². The van der Waals surface area contributed by atoms with E-state index in [0.29, 0.717) is 12.1 Å². The summed E-state index contributed by atoms with van der Waals surface area (Å²) in [6, 6.07) is 4.79. The van der Waals surface area contributed by atoms with Gasteiger partial charge in [0.1, 0.15) is 0 Å². The predicted octanol–water partition coefficient (Wildman–Crippen LogP) is 2.82. The normalized spacial score (nSPS) is 28.4. The number of carbonyl (C=O) groups excluding carboxylic acids is 1. The molecule has 0 aliphatic carbocycles. The third-order valence-corrected chi connectivity index (χ3v) is 5.59. The topological polar surface area (TPSA) is 23.6 Å². The first-order chi connectivity index (χ1) is 8.65. The fraction of sp³-hybridized carbons (Fsp3) is 0.615. The molecule has 2 atom stereocenters. The van der Waals surface area contributed by atoms with Gasteiger partial charge in [-0.1, -0.05) is 0 Å². The zero-order chi connectivity index (χ0) is 12.7. The van der Waals surface area contributed by atoms with E-state index in [9.17, 15) is 4.79 Å². The first-order valence-electron chi connectivity index (χ1n) is 6.45. The highest BCUT2D eigenvalue weighted by Crippen LogP contribution is 2.28. The van der Waals surface area contributed by atoms with Gasteiger partial charge in [-0.2, -0.15) is 0 Å². The van der Waals surface area contributed by atoms with Gasteiger partial charge in [-0.05, 0) is 54.4 Å². The van der Waals surface area contributed by atoms with Gasteiger partial charge in [0, 0.05) is 25.2 Å². The molecule has 3 rings (SSSR count). The van der Waals surface area contributed by atoms with Crippen molar-refractivity contribution in [3.63, 3.8) is 0 Å². The molecule has 18 heavy (non-hydrogen) atoms. The van der Waals surface area contributed by atoms with Crippen LogP contribution in [0.15, 0.2) is 15.9 Å². The number of nitrogens with zero attached hydrogens (tertiary/aromatic N) is 2. The first kappa shape index (κ1) is 12.6. The highest BCUT2D eigenvalue weighted by Gasteiger charge is 2.36. The Hall–Kier alpha value is -0.390. The minimum Gasteiger partial charge on any atom is -0.332 e. The Labute approximate surface area is 120 Å². The third-order valence-electron chi connectivity index (χ3n) is 3.98. The monoisotopic (exact) mass is 328 g/mol. The van der Waals surface area contributed by atoms with Gasteiger partial charge in [0.25, 0.3) is 5.91 Å². The van der Waals surface area contributed by atoms with Gasteiger partial charge in [0.05, 0.1) is 8.66 Å². The molecule has 98 valence electrons. The van der Waals surface area contributed by atoms with Gasteiger partial charge in [-0.15, -0.1) is 11.3 Å². The molecule has 1 aromatic rings. The van der Waals surface area contributed by atoms with E-state index in [1.165, 1.54) is 30.7 Å². The molecule has 0 saturated carbocycles. The molecule has 0 unspecified atom stereocenters. The van der Waals surface area contributed by atoms with Crippen LogP contribution >= 0.6 is 27.3 Å². The van der Waals surface area contributed by atoms with E-state index in [-0.39, 0.29) is 5.91 Å². The maximum atomic E-state index is 12.5. The molecule has 1 aromatic heterocycles. The molecule has 3 heterocycles. The molecular weight excluding hydrogens is 312 g/mol. The molecule has 0 radical (unpaired) electrons. The van der Waals surface area contributed by atoms with Crippen molar-refractivity contribution in [3.8, 4) is 0 Å². The molecule has 0 aromatic carbocycles. The molecule has 0 spiro atoms. The van der Waals surface area contributed by atoms with Crippen LogP contribution in [0.1, 0.15) is 29.4 Å². The molecular formula is C13H17BrN2OS. The Morgan fingerprint density at radius 2 is 2.28 bits per heavy atom. The van der Waals surface area contributed by atoms with E-state index in [2.05, 4.69) is 32.7 Å². The van der Waals surface area contributed by atoms with E-state index >= 15 is 0 Å². The number of hydrogen-bond acceptors (Lipinski definition) is 3. The number of rotatable bonds is 1. The quantitative estimate of drug-likeness (QED) is 0.791. The van der Waals surface area contributed by atoms with Crippen molar-refractivity contribution < 1.29 is 4.79 Å². The second-order valence-corrected chi connectivity index (χ2v) is 7.66. The molecule has 2 aliphatic rings. The fourth-order valence-electron chi connectivity index (χ4n) is 3.04. The van der Waals surface area contributed by atoms with Crippen LogP contribution < -0.4 is 0 Å². The summed E-state index contributed by atoms with van der Waals surface area (Å²) in [6.45, 7) is 5.30. The van der Waals surface area contributed by atoms with E-state index < -0.39 is 0 Å². The fourth-order valence-corrected chi connectivity index (χ4v) is 4.38. The minimum absolute atomic E-state index is 0.199. The lowest BCUT2D eigenvalue weighted by Crippen LogP contribution is -2.56. The lowest BCUT2D eigenvalue weighted by Gasteiger charge is -2.42. The average Bonchev–Trinajstić information content (AvgIpc) is 2.95. The van der Waals surface area contributed by atoms with E-state index in [1.54, 1.807) is 0 Å². The largest absolute Gasteiger partial charge is 0.332 e. The van der Waals surface area contributed by atoms with Crippen LogP contribution in [-0.2, 0) is 0 Å². The second-order valence-electron chi connectivity index (χ2n) is 5.20. The number of piperazine rings is 1. The Bertz CT molecular complexity index is 462. The Morgan fingerprint density at radius 3 is 3.00 bits per heavy atom. The third kappa shape index (κ3) is 2.24. The van der Waals surface area contributed by atoms with Crippen molar-refractivity contribution in [2.75, 3.05) is 19.6 Å². The molecule has 1 amide bonds. The second kappa shape index (κ2) is 4.94. The summed E-state index contributed by atoms with van der Waals surface area (Å²) in [5, 5.41) is 0. The smallest absolute Gasteiger partial charge is 0.264 e. The van der Waals surface area contributed by atoms with Crippen LogP contribution in [0.25, 0.3) is 0 Å². The number of amides is 1. The summed E-state index contributed by atoms with van der Waals surface area (Å²) < 4.78 is 1.03. The summed E-state index contributed by atoms with van der Waals surface area (Å²) >= 11 is 4.95. The SMILES string of the molecule is C[C@@H]1CN2CCC[C@H]2CN1C(=O)c1ccc(Br)s1. The number of fused-ring (bicyclic) bond motifs is 1. The van der Waals surface area contributed by atoms with Gasteiger partial charge >= 0.3 is 0 Å². The number of carbonyl (C=O) groups is 1. The highest BCUT2D eigenvalue weighted by atomic mass is 79.9. The number of hydrogen-bond donors (Lipinski definition) is 0. The van der Waals surface area contributed by atoms with Gasteiger partial charge in [0.15, 0.2) is 0 Å². The molecule has 2 aliphatic heterocycles. The Balaban J connectivity index is 1.77. The number of halogens is 1. The zero-order valence-electron chi connectivity index (χ0n) is 10.4. The van der Waals surface area contributed by atoms with E-state index in [1.807, 2.05) is 12.1 Å². The average molecular weight is 329 g/mol. The lowest BCUT2D eigenvalue weighted by atomic mass is 10.1. The molecule has 0 N–H and O–H groups in total. The van der Waals surface area contributed by atoms with Crippen molar-refractivity contribution in [1.82, 2.24) is 9.80 Å². The van der Waals surface area contributed by atoms with Gasteiger partial charge in [0.2, 0.25) is 0 Å².